The smallest absolute Gasteiger partial charge is 0.260 e. The first-order valence-electron chi connectivity index (χ1n) is 6.31. The molecule has 1 aliphatic carbocycles. The Balaban J connectivity index is 1.89. The van der Waals surface area contributed by atoms with Gasteiger partial charge in [0.25, 0.3) is 5.91 Å². The molecule has 18 heavy (non-hydrogen) atoms. The second-order valence-corrected chi connectivity index (χ2v) is 4.79. The third kappa shape index (κ3) is 3.47. The van der Waals surface area contributed by atoms with Gasteiger partial charge in [0, 0.05) is 6.04 Å². The number of amides is 1. The van der Waals surface area contributed by atoms with Crippen molar-refractivity contribution in [1.82, 2.24) is 5.32 Å². The molecule has 0 bridgehead atoms. The molecule has 0 heterocycles. The van der Waals surface area contributed by atoms with Crippen molar-refractivity contribution >= 4 is 5.91 Å². The number of ether oxygens (including phenoxy) is 1. The van der Waals surface area contributed by atoms with Gasteiger partial charge >= 0.3 is 0 Å². The van der Waals surface area contributed by atoms with Crippen LogP contribution in [0.5, 0.6) is 5.75 Å². The molecule has 4 nitrogen and oxygen atoms in total. The fourth-order valence-corrected chi connectivity index (χ4v) is 1.63. The van der Waals surface area contributed by atoms with Gasteiger partial charge in [-0.15, -0.1) is 0 Å². The van der Waals surface area contributed by atoms with E-state index in [2.05, 4.69) is 5.32 Å². The number of aliphatic hydroxyl groups excluding tert-OH is 1. The fraction of sp³-hybridized carbons (Fsp3) is 0.500. The third-order valence-electron chi connectivity index (χ3n) is 2.97. The molecule has 2 N–H and O–H groups in total. The third-order valence-corrected chi connectivity index (χ3v) is 2.97. The Labute approximate surface area is 107 Å². The largest absolute Gasteiger partial charge is 0.481 e. The van der Waals surface area contributed by atoms with Crippen LogP contribution in [0.25, 0.3) is 0 Å². The van der Waals surface area contributed by atoms with Gasteiger partial charge in [-0.3, -0.25) is 4.79 Å². The molecule has 0 aliphatic heterocycles. The average Bonchev–Trinajstić information content (AvgIpc) is 3.13. The molecule has 1 aromatic carbocycles. The lowest BCUT2D eigenvalue weighted by molar-refractivity contribution is -0.127. The zero-order chi connectivity index (χ0) is 13.1. The van der Waals surface area contributed by atoms with E-state index in [1.165, 1.54) is 0 Å². The minimum absolute atomic E-state index is 0.0721. The fourth-order valence-electron chi connectivity index (χ4n) is 1.63. The van der Waals surface area contributed by atoms with E-state index < -0.39 is 12.2 Å². The minimum atomic E-state index is -0.497. The van der Waals surface area contributed by atoms with Crippen molar-refractivity contribution in [2.45, 2.75) is 44.9 Å². The van der Waals surface area contributed by atoms with E-state index in [0.717, 1.165) is 18.4 Å². The first-order chi connectivity index (χ1) is 8.56. The molecule has 2 rings (SSSR count). The Hall–Kier alpha value is -1.55. The highest BCUT2D eigenvalue weighted by Gasteiger charge is 2.26. The predicted molar refractivity (Wildman–Crippen MR) is 68.3 cm³/mol. The average molecular weight is 249 g/mol. The van der Waals surface area contributed by atoms with Crippen molar-refractivity contribution in [3.8, 4) is 5.75 Å². The van der Waals surface area contributed by atoms with Crippen LogP contribution in [-0.4, -0.2) is 23.2 Å². The molecule has 1 saturated carbocycles. The van der Waals surface area contributed by atoms with Crippen molar-refractivity contribution < 1.29 is 14.6 Å². The number of carbonyl (C=O) groups is 1. The van der Waals surface area contributed by atoms with E-state index in [1.807, 2.05) is 0 Å². The number of hydrogen-bond acceptors (Lipinski definition) is 3. The van der Waals surface area contributed by atoms with E-state index in [1.54, 1.807) is 38.1 Å². The van der Waals surface area contributed by atoms with Crippen LogP contribution in [0.15, 0.2) is 24.3 Å². The summed E-state index contributed by atoms with van der Waals surface area (Å²) in [6, 6.07) is 7.48. The second kappa shape index (κ2) is 5.40. The lowest BCUT2D eigenvalue weighted by Gasteiger charge is -2.15. The molecule has 1 aromatic rings. The lowest BCUT2D eigenvalue weighted by atomic mass is 10.1. The number of rotatable bonds is 5. The lowest BCUT2D eigenvalue weighted by Crippen LogP contribution is -2.37. The van der Waals surface area contributed by atoms with Crippen LogP contribution in [0.4, 0.5) is 0 Å². The SMILES string of the molecule is CC(Oc1ccc([C@H](C)O)cc1)C(=O)NC1CC1. The highest BCUT2D eigenvalue weighted by atomic mass is 16.5. The zero-order valence-corrected chi connectivity index (χ0v) is 10.7. The van der Waals surface area contributed by atoms with Crippen LogP contribution >= 0.6 is 0 Å². The Morgan fingerprint density at radius 2 is 1.94 bits per heavy atom. The molecule has 0 aromatic heterocycles. The van der Waals surface area contributed by atoms with Crippen molar-refractivity contribution in [1.29, 1.82) is 0 Å². The van der Waals surface area contributed by atoms with Gasteiger partial charge in [0.2, 0.25) is 0 Å². The molecule has 0 radical (unpaired) electrons. The second-order valence-electron chi connectivity index (χ2n) is 4.79. The summed E-state index contributed by atoms with van der Waals surface area (Å²) in [5.41, 5.74) is 0.831. The molecule has 1 aliphatic rings. The summed E-state index contributed by atoms with van der Waals surface area (Å²) in [4.78, 5) is 11.7. The predicted octanol–water partition coefficient (Wildman–Crippen LogP) is 1.79. The van der Waals surface area contributed by atoms with Crippen LogP contribution in [0.2, 0.25) is 0 Å². The van der Waals surface area contributed by atoms with Crippen molar-refractivity contribution in [2.75, 3.05) is 0 Å². The van der Waals surface area contributed by atoms with E-state index in [9.17, 15) is 9.90 Å². The molecule has 98 valence electrons. The Morgan fingerprint density at radius 1 is 1.33 bits per heavy atom. The van der Waals surface area contributed by atoms with Crippen molar-refractivity contribution in [2.24, 2.45) is 0 Å². The molecule has 2 atom stereocenters. The van der Waals surface area contributed by atoms with Crippen LogP contribution in [-0.2, 0) is 4.79 Å². The van der Waals surface area contributed by atoms with Gasteiger partial charge in [0.05, 0.1) is 6.10 Å². The normalized spacial score (nSPS) is 17.9. The summed E-state index contributed by atoms with van der Waals surface area (Å²) in [5.74, 6) is 0.565. The van der Waals surface area contributed by atoms with E-state index >= 15 is 0 Å². The Morgan fingerprint density at radius 3 is 2.44 bits per heavy atom. The van der Waals surface area contributed by atoms with Crippen molar-refractivity contribution in [3.63, 3.8) is 0 Å². The summed E-state index contributed by atoms with van der Waals surface area (Å²) in [6.07, 6.45) is 1.15. The van der Waals surface area contributed by atoms with Gasteiger partial charge in [0.15, 0.2) is 6.10 Å². The zero-order valence-electron chi connectivity index (χ0n) is 10.7. The van der Waals surface area contributed by atoms with Crippen LogP contribution < -0.4 is 10.1 Å². The van der Waals surface area contributed by atoms with E-state index in [-0.39, 0.29) is 5.91 Å². The molecule has 0 spiro atoms. The minimum Gasteiger partial charge on any atom is -0.481 e. The van der Waals surface area contributed by atoms with Gasteiger partial charge < -0.3 is 15.2 Å². The number of hydrogen-bond donors (Lipinski definition) is 2. The number of aliphatic hydroxyl groups is 1. The summed E-state index contributed by atoms with van der Waals surface area (Å²) >= 11 is 0. The van der Waals surface area contributed by atoms with Crippen LogP contribution in [0, 0.1) is 0 Å². The molecule has 1 unspecified atom stereocenters. The molecule has 1 amide bonds. The van der Waals surface area contributed by atoms with Crippen molar-refractivity contribution in [3.05, 3.63) is 29.8 Å². The Bertz CT molecular complexity index is 410. The molecule has 0 saturated heterocycles. The molecular formula is C14H19NO3. The van der Waals surface area contributed by atoms with Gasteiger partial charge in [-0.2, -0.15) is 0 Å². The molecule has 1 fully saturated rings. The maximum atomic E-state index is 11.7. The highest BCUT2D eigenvalue weighted by Crippen LogP contribution is 2.20. The standard InChI is InChI=1S/C14H19NO3/c1-9(16)11-3-7-13(8-4-11)18-10(2)14(17)15-12-5-6-12/h3-4,7-10,12,16H,5-6H2,1-2H3,(H,15,17)/t9-,10?/m0/s1. The number of benzene rings is 1. The topological polar surface area (TPSA) is 58.6 Å². The number of nitrogens with one attached hydrogen (secondary N) is 1. The van der Waals surface area contributed by atoms with E-state index in [4.69, 9.17) is 4.74 Å². The van der Waals surface area contributed by atoms with Crippen LogP contribution in [0.3, 0.4) is 0 Å². The summed E-state index contributed by atoms with van der Waals surface area (Å²) in [7, 11) is 0. The highest BCUT2D eigenvalue weighted by molar-refractivity contribution is 5.81. The van der Waals surface area contributed by atoms with Gasteiger partial charge in [0.1, 0.15) is 5.75 Å². The van der Waals surface area contributed by atoms with Gasteiger partial charge in [-0.05, 0) is 44.4 Å². The van der Waals surface area contributed by atoms with Gasteiger partial charge in [-0.1, -0.05) is 12.1 Å². The number of carbonyl (C=O) groups excluding carboxylic acids is 1. The van der Waals surface area contributed by atoms with Crippen LogP contribution in [0.1, 0.15) is 38.4 Å². The van der Waals surface area contributed by atoms with Gasteiger partial charge in [-0.25, -0.2) is 0 Å². The first kappa shape index (κ1) is 12.9. The maximum absolute atomic E-state index is 11.7. The molecular weight excluding hydrogens is 230 g/mol. The van der Waals surface area contributed by atoms with E-state index in [0.29, 0.717) is 11.8 Å². The first-order valence-corrected chi connectivity index (χ1v) is 6.31. The summed E-state index contributed by atoms with van der Waals surface area (Å²) in [5, 5.41) is 12.3. The maximum Gasteiger partial charge on any atom is 0.260 e. The Kier molecular flexibility index (Phi) is 3.87. The summed E-state index contributed by atoms with van der Waals surface area (Å²) in [6.45, 7) is 3.45. The summed E-state index contributed by atoms with van der Waals surface area (Å²) < 4.78 is 5.55. The monoisotopic (exact) mass is 249 g/mol. The quantitative estimate of drug-likeness (QED) is 0.836. The molecule has 4 heteroatoms.